The SMILES string of the molecule is C/C=C/C(=O)Oc1ccc(-c2ccc(-c3ccc(CCCC)s3)cc2)cc1. The van der Waals surface area contributed by atoms with Crippen molar-refractivity contribution in [2.45, 2.75) is 33.1 Å². The maximum absolute atomic E-state index is 11.5. The summed E-state index contributed by atoms with van der Waals surface area (Å²) in [5.41, 5.74) is 3.50. The first-order chi connectivity index (χ1) is 13.2. The van der Waals surface area contributed by atoms with Gasteiger partial charge >= 0.3 is 5.97 Å². The zero-order valence-corrected chi connectivity index (χ0v) is 16.6. The van der Waals surface area contributed by atoms with Gasteiger partial charge in [-0.05, 0) is 60.7 Å². The van der Waals surface area contributed by atoms with Gasteiger partial charge in [-0.1, -0.05) is 55.8 Å². The van der Waals surface area contributed by atoms with Crippen LogP contribution in [0.5, 0.6) is 5.75 Å². The lowest BCUT2D eigenvalue weighted by Crippen LogP contribution is -2.03. The number of ether oxygens (including phenoxy) is 1. The molecule has 0 saturated heterocycles. The van der Waals surface area contributed by atoms with E-state index in [1.54, 1.807) is 13.0 Å². The molecule has 0 aliphatic carbocycles. The third-order valence-corrected chi connectivity index (χ3v) is 5.51. The van der Waals surface area contributed by atoms with Crippen LogP contribution in [-0.4, -0.2) is 5.97 Å². The van der Waals surface area contributed by atoms with Gasteiger partial charge in [-0.2, -0.15) is 0 Å². The van der Waals surface area contributed by atoms with Gasteiger partial charge < -0.3 is 4.74 Å². The zero-order chi connectivity index (χ0) is 19.1. The first-order valence-electron chi connectivity index (χ1n) is 9.33. The van der Waals surface area contributed by atoms with E-state index >= 15 is 0 Å². The molecule has 3 rings (SSSR count). The number of hydrogen-bond donors (Lipinski definition) is 0. The van der Waals surface area contributed by atoms with Crippen LogP contribution in [0, 0.1) is 0 Å². The van der Waals surface area contributed by atoms with Gasteiger partial charge in [0.05, 0.1) is 0 Å². The molecule has 1 aromatic heterocycles. The van der Waals surface area contributed by atoms with Crippen LogP contribution >= 0.6 is 11.3 Å². The molecule has 1 heterocycles. The van der Waals surface area contributed by atoms with Crippen LogP contribution in [0.15, 0.2) is 72.8 Å². The van der Waals surface area contributed by atoms with Crippen molar-refractivity contribution in [3.8, 4) is 27.3 Å². The average Bonchev–Trinajstić information content (AvgIpc) is 3.16. The summed E-state index contributed by atoms with van der Waals surface area (Å²) in [6.45, 7) is 4.02. The summed E-state index contributed by atoms with van der Waals surface area (Å²) in [4.78, 5) is 14.3. The van der Waals surface area contributed by atoms with Crippen LogP contribution in [0.25, 0.3) is 21.6 Å². The largest absolute Gasteiger partial charge is 0.423 e. The van der Waals surface area contributed by atoms with Gasteiger partial charge in [0.15, 0.2) is 0 Å². The van der Waals surface area contributed by atoms with Crippen LogP contribution in [0.1, 0.15) is 31.6 Å². The van der Waals surface area contributed by atoms with E-state index in [2.05, 4.69) is 43.3 Å². The normalized spacial score (nSPS) is 11.0. The smallest absolute Gasteiger partial charge is 0.335 e. The molecular weight excluding hydrogens is 352 g/mol. The fraction of sp³-hybridized carbons (Fsp3) is 0.208. The summed E-state index contributed by atoms with van der Waals surface area (Å²) < 4.78 is 5.23. The van der Waals surface area contributed by atoms with E-state index in [4.69, 9.17) is 4.74 Å². The molecule has 0 fully saturated rings. The van der Waals surface area contributed by atoms with E-state index in [9.17, 15) is 4.79 Å². The Morgan fingerprint density at radius 2 is 1.56 bits per heavy atom. The van der Waals surface area contributed by atoms with Crippen molar-refractivity contribution in [1.29, 1.82) is 0 Å². The first-order valence-corrected chi connectivity index (χ1v) is 10.2. The van der Waals surface area contributed by atoms with E-state index in [0.29, 0.717) is 5.75 Å². The molecule has 0 atom stereocenters. The molecule has 0 spiro atoms. The van der Waals surface area contributed by atoms with Crippen molar-refractivity contribution in [2.75, 3.05) is 0 Å². The highest BCUT2D eigenvalue weighted by molar-refractivity contribution is 7.15. The molecule has 0 unspecified atom stereocenters. The Hall–Kier alpha value is -2.65. The number of unbranched alkanes of at least 4 members (excludes halogenated alkanes) is 1. The molecule has 3 aromatic rings. The van der Waals surface area contributed by atoms with Crippen molar-refractivity contribution in [1.82, 2.24) is 0 Å². The first kappa shape index (κ1) is 19.1. The topological polar surface area (TPSA) is 26.3 Å². The molecule has 0 amide bonds. The van der Waals surface area contributed by atoms with Gasteiger partial charge in [0.2, 0.25) is 0 Å². The van der Waals surface area contributed by atoms with Gasteiger partial charge in [0, 0.05) is 15.8 Å². The average molecular weight is 377 g/mol. The van der Waals surface area contributed by atoms with Gasteiger partial charge in [0.25, 0.3) is 0 Å². The molecule has 27 heavy (non-hydrogen) atoms. The highest BCUT2D eigenvalue weighted by Gasteiger charge is 2.05. The predicted molar refractivity (Wildman–Crippen MR) is 114 cm³/mol. The third-order valence-electron chi connectivity index (χ3n) is 4.32. The predicted octanol–water partition coefficient (Wildman–Crippen LogP) is 6.91. The minimum atomic E-state index is -0.358. The number of allylic oxidation sites excluding steroid dienone is 1. The number of hydrogen-bond acceptors (Lipinski definition) is 3. The Labute approximate surface area is 165 Å². The maximum atomic E-state index is 11.5. The number of benzene rings is 2. The lowest BCUT2D eigenvalue weighted by atomic mass is 10.0. The molecule has 2 nitrogen and oxygen atoms in total. The number of aryl methyl sites for hydroxylation is 1. The van der Waals surface area contributed by atoms with Crippen molar-refractivity contribution < 1.29 is 9.53 Å². The molecule has 0 saturated carbocycles. The zero-order valence-electron chi connectivity index (χ0n) is 15.8. The summed E-state index contributed by atoms with van der Waals surface area (Å²) in [5, 5.41) is 0. The van der Waals surface area contributed by atoms with Crippen molar-refractivity contribution >= 4 is 17.3 Å². The molecule has 138 valence electrons. The van der Waals surface area contributed by atoms with E-state index in [0.717, 1.165) is 11.1 Å². The van der Waals surface area contributed by atoms with E-state index < -0.39 is 0 Å². The standard InChI is InChI=1S/C24H24O2S/c1-3-5-7-22-16-17-23(27-22)20-10-8-18(9-11-20)19-12-14-21(15-13-19)26-24(25)6-4-2/h4,6,8-17H,3,5,7H2,1-2H3/b6-4+. The van der Waals surface area contributed by atoms with Crippen LogP contribution < -0.4 is 4.74 Å². The Kier molecular flexibility index (Phi) is 6.61. The number of thiophene rings is 1. The number of carbonyl (C=O) groups is 1. The Bertz CT molecular complexity index is 902. The summed E-state index contributed by atoms with van der Waals surface area (Å²) in [5.74, 6) is 0.195. The Morgan fingerprint density at radius 1 is 0.926 bits per heavy atom. The summed E-state index contributed by atoms with van der Waals surface area (Å²) in [6, 6.07) is 20.7. The Balaban J connectivity index is 1.69. The molecule has 0 bridgehead atoms. The maximum Gasteiger partial charge on any atom is 0.335 e. The second kappa shape index (κ2) is 9.33. The van der Waals surface area contributed by atoms with E-state index in [1.165, 1.54) is 40.7 Å². The molecular formula is C24H24O2S. The molecule has 0 N–H and O–H groups in total. The van der Waals surface area contributed by atoms with E-state index in [-0.39, 0.29) is 5.97 Å². The summed E-state index contributed by atoms with van der Waals surface area (Å²) in [6.07, 6.45) is 6.72. The Morgan fingerprint density at radius 3 is 2.19 bits per heavy atom. The van der Waals surface area contributed by atoms with Crippen LogP contribution in [-0.2, 0) is 11.2 Å². The second-order valence-electron chi connectivity index (χ2n) is 6.39. The molecule has 0 aliphatic heterocycles. The highest BCUT2D eigenvalue weighted by Crippen LogP contribution is 2.31. The lowest BCUT2D eigenvalue weighted by molar-refractivity contribution is -0.129. The summed E-state index contributed by atoms with van der Waals surface area (Å²) in [7, 11) is 0. The minimum absolute atomic E-state index is 0.358. The van der Waals surface area contributed by atoms with E-state index in [1.807, 2.05) is 35.6 Å². The number of carbonyl (C=O) groups excluding carboxylic acids is 1. The van der Waals surface area contributed by atoms with Crippen molar-refractivity contribution in [3.05, 3.63) is 77.7 Å². The third kappa shape index (κ3) is 5.18. The highest BCUT2D eigenvalue weighted by atomic mass is 32.1. The van der Waals surface area contributed by atoms with Gasteiger partial charge in [-0.3, -0.25) is 0 Å². The number of rotatable bonds is 7. The lowest BCUT2D eigenvalue weighted by Gasteiger charge is -2.06. The molecule has 3 heteroatoms. The van der Waals surface area contributed by atoms with Crippen molar-refractivity contribution in [3.63, 3.8) is 0 Å². The minimum Gasteiger partial charge on any atom is -0.423 e. The molecule has 0 aliphatic rings. The molecule has 0 radical (unpaired) electrons. The van der Waals surface area contributed by atoms with Gasteiger partial charge in [-0.25, -0.2) is 4.79 Å². The fourth-order valence-corrected chi connectivity index (χ4v) is 3.90. The van der Waals surface area contributed by atoms with Crippen LogP contribution in [0.2, 0.25) is 0 Å². The number of esters is 1. The van der Waals surface area contributed by atoms with Gasteiger partial charge in [0.1, 0.15) is 5.75 Å². The molecule has 2 aromatic carbocycles. The van der Waals surface area contributed by atoms with Crippen molar-refractivity contribution in [2.24, 2.45) is 0 Å². The monoisotopic (exact) mass is 376 g/mol. The fourth-order valence-electron chi connectivity index (χ4n) is 2.85. The quantitative estimate of drug-likeness (QED) is 0.254. The summed E-state index contributed by atoms with van der Waals surface area (Å²) >= 11 is 1.89. The van der Waals surface area contributed by atoms with Crippen LogP contribution in [0.3, 0.4) is 0 Å². The van der Waals surface area contributed by atoms with Gasteiger partial charge in [-0.15, -0.1) is 11.3 Å². The van der Waals surface area contributed by atoms with Crippen LogP contribution in [0.4, 0.5) is 0 Å². The second-order valence-corrected chi connectivity index (χ2v) is 7.56.